The van der Waals surface area contributed by atoms with Crippen molar-refractivity contribution >= 4 is 29.5 Å². The first-order chi connectivity index (χ1) is 12.1. The van der Waals surface area contributed by atoms with Crippen LogP contribution in [0.3, 0.4) is 0 Å². The molecular weight excluding hydrogens is 369 g/mol. The second-order valence-corrected chi connectivity index (χ2v) is 6.81. The van der Waals surface area contributed by atoms with Crippen molar-refractivity contribution in [2.24, 2.45) is 5.92 Å². The van der Waals surface area contributed by atoms with Crippen LogP contribution in [-0.2, 0) is 15.8 Å². The summed E-state index contributed by atoms with van der Waals surface area (Å²) in [4.78, 5) is 27.3. The van der Waals surface area contributed by atoms with Crippen LogP contribution in [0.1, 0.15) is 24.0 Å². The van der Waals surface area contributed by atoms with Gasteiger partial charge in [0.2, 0.25) is 11.8 Å². The fourth-order valence-electron chi connectivity index (χ4n) is 2.85. The minimum Gasteiger partial charge on any atom is -0.349 e. The highest BCUT2D eigenvalue weighted by molar-refractivity contribution is 6.31. The van der Waals surface area contributed by atoms with Gasteiger partial charge < -0.3 is 9.80 Å². The normalized spacial score (nSPS) is 16.2. The Kier molecular flexibility index (Phi) is 6.34. The zero-order chi connectivity index (χ0) is 19.5. The van der Waals surface area contributed by atoms with Crippen molar-refractivity contribution in [1.29, 1.82) is 0 Å². The average molecular weight is 389 g/mol. The number of halogens is 4. The van der Waals surface area contributed by atoms with E-state index in [4.69, 9.17) is 11.6 Å². The zero-order valence-corrected chi connectivity index (χ0v) is 15.3. The van der Waals surface area contributed by atoms with E-state index in [-0.39, 0.29) is 28.3 Å². The fourth-order valence-corrected chi connectivity index (χ4v) is 3.07. The van der Waals surface area contributed by atoms with Gasteiger partial charge in [-0.15, -0.1) is 0 Å². The number of amides is 2. The summed E-state index contributed by atoms with van der Waals surface area (Å²) in [5.41, 5.74) is -0.690. The van der Waals surface area contributed by atoms with Crippen molar-refractivity contribution in [3.63, 3.8) is 0 Å². The van der Waals surface area contributed by atoms with Crippen LogP contribution < -0.4 is 0 Å². The summed E-state index contributed by atoms with van der Waals surface area (Å²) in [6.07, 6.45) is -0.806. The number of likely N-dealkylation sites (tertiary alicyclic amines) is 1. The van der Waals surface area contributed by atoms with Gasteiger partial charge in [-0.2, -0.15) is 13.2 Å². The van der Waals surface area contributed by atoms with E-state index in [1.165, 1.54) is 18.2 Å². The van der Waals surface area contributed by atoms with Crippen LogP contribution in [0.25, 0.3) is 6.08 Å². The molecule has 0 aromatic heterocycles. The van der Waals surface area contributed by atoms with Crippen molar-refractivity contribution in [3.05, 3.63) is 40.4 Å². The topological polar surface area (TPSA) is 40.6 Å². The summed E-state index contributed by atoms with van der Waals surface area (Å²) in [5.74, 6) is -0.332. The van der Waals surface area contributed by atoms with E-state index in [0.717, 1.165) is 12.1 Å². The average Bonchev–Trinajstić information content (AvgIpc) is 2.59. The van der Waals surface area contributed by atoms with Gasteiger partial charge in [-0.3, -0.25) is 9.59 Å². The van der Waals surface area contributed by atoms with Gasteiger partial charge in [0.15, 0.2) is 0 Å². The Labute approximate surface area is 155 Å². The minimum atomic E-state index is -4.55. The molecule has 0 aliphatic carbocycles. The number of piperidine rings is 1. The summed E-state index contributed by atoms with van der Waals surface area (Å²) in [6, 6.07) is 3.49. The molecule has 0 spiro atoms. The largest absolute Gasteiger partial charge is 0.417 e. The fraction of sp³-hybridized carbons (Fsp3) is 0.444. The van der Waals surface area contributed by atoms with Crippen LogP contribution in [0.2, 0.25) is 5.02 Å². The number of carbonyl (C=O) groups excluding carboxylic acids is 2. The maximum atomic E-state index is 12.9. The van der Waals surface area contributed by atoms with E-state index in [0.29, 0.717) is 25.9 Å². The molecule has 0 N–H and O–H groups in total. The van der Waals surface area contributed by atoms with E-state index in [9.17, 15) is 22.8 Å². The molecule has 0 radical (unpaired) electrons. The number of carbonyl (C=O) groups is 2. The summed E-state index contributed by atoms with van der Waals surface area (Å²) in [7, 11) is 3.40. The molecule has 0 saturated carbocycles. The van der Waals surface area contributed by atoms with E-state index in [1.807, 2.05) is 0 Å². The molecule has 1 saturated heterocycles. The summed E-state index contributed by atoms with van der Waals surface area (Å²) in [5, 5.41) is -0.381. The van der Waals surface area contributed by atoms with Gasteiger partial charge in [-0.05, 0) is 36.6 Å². The number of nitrogens with zero attached hydrogens (tertiary/aromatic N) is 2. The van der Waals surface area contributed by atoms with Crippen molar-refractivity contribution in [2.75, 3.05) is 27.2 Å². The highest BCUT2D eigenvalue weighted by Gasteiger charge is 2.33. The predicted octanol–water partition coefficient (Wildman–Crippen LogP) is 3.70. The molecule has 1 fully saturated rings. The first kappa shape index (κ1) is 20.3. The Morgan fingerprint density at radius 1 is 1.23 bits per heavy atom. The molecule has 2 rings (SSSR count). The molecule has 2 amide bonds. The first-order valence-corrected chi connectivity index (χ1v) is 8.52. The van der Waals surface area contributed by atoms with Crippen LogP contribution in [-0.4, -0.2) is 48.8 Å². The summed E-state index contributed by atoms with van der Waals surface area (Å²) in [6.45, 7) is 0.893. The Morgan fingerprint density at radius 3 is 2.38 bits per heavy atom. The molecule has 0 unspecified atom stereocenters. The molecule has 1 aromatic carbocycles. The van der Waals surface area contributed by atoms with Crippen LogP contribution in [0, 0.1) is 5.92 Å². The summed E-state index contributed by atoms with van der Waals surface area (Å²) < 4.78 is 38.6. The Hall–Kier alpha value is -2.02. The van der Waals surface area contributed by atoms with Crippen LogP contribution in [0.15, 0.2) is 24.3 Å². The van der Waals surface area contributed by atoms with Gasteiger partial charge in [0.25, 0.3) is 0 Å². The predicted molar refractivity (Wildman–Crippen MR) is 93.5 cm³/mol. The quantitative estimate of drug-likeness (QED) is 0.741. The van der Waals surface area contributed by atoms with E-state index < -0.39 is 11.7 Å². The molecule has 4 nitrogen and oxygen atoms in total. The van der Waals surface area contributed by atoms with Gasteiger partial charge in [0, 0.05) is 39.2 Å². The first-order valence-electron chi connectivity index (χ1n) is 8.14. The number of rotatable bonds is 3. The third-order valence-corrected chi connectivity index (χ3v) is 4.64. The second kappa shape index (κ2) is 8.12. The second-order valence-electron chi connectivity index (χ2n) is 6.40. The lowest BCUT2D eigenvalue weighted by Gasteiger charge is -2.31. The molecule has 0 bridgehead atoms. The van der Waals surface area contributed by atoms with E-state index >= 15 is 0 Å². The number of hydrogen-bond acceptors (Lipinski definition) is 2. The van der Waals surface area contributed by atoms with Crippen molar-refractivity contribution < 1.29 is 22.8 Å². The third kappa shape index (κ3) is 5.00. The molecule has 1 aliphatic rings. The van der Waals surface area contributed by atoms with Gasteiger partial charge in [-0.25, -0.2) is 0 Å². The molecule has 1 heterocycles. The van der Waals surface area contributed by atoms with Crippen LogP contribution in [0.5, 0.6) is 0 Å². The highest BCUT2D eigenvalue weighted by Crippen LogP contribution is 2.35. The monoisotopic (exact) mass is 388 g/mol. The molecule has 8 heteroatoms. The van der Waals surface area contributed by atoms with Crippen molar-refractivity contribution in [1.82, 2.24) is 9.80 Å². The smallest absolute Gasteiger partial charge is 0.349 e. The third-order valence-electron chi connectivity index (χ3n) is 4.31. The maximum Gasteiger partial charge on any atom is 0.417 e. The SMILES string of the molecule is CN(C)C(=O)C1CCN(C(=O)C=Cc2ccc(Cl)c(C(F)(F)F)c2)CC1. The number of hydrogen-bond donors (Lipinski definition) is 0. The molecule has 0 atom stereocenters. The number of alkyl halides is 3. The van der Waals surface area contributed by atoms with E-state index in [2.05, 4.69) is 0 Å². The zero-order valence-electron chi connectivity index (χ0n) is 14.5. The molecule has 26 heavy (non-hydrogen) atoms. The lowest BCUT2D eigenvalue weighted by molar-refractivity contribution is -0.137. The standard InChI is InChI=1S/C18H20ClF3N2O2/c1-23(2)17(26)13-7-9-24(10-8-13)16(25)6-4-12-3-5-15(19)14(11-12)18(20,21)22/h3-6,11,13H,7-10H2,1-2H3. The Bertz CT molecular complexity index is 709. The molecule has 1 aliphatic heterocycles. The van der Waals surface area contributed by atoms with Gasteiger partial charge in [0.05, 0.1) is 10.6 Å². The Balaban J connectivity index is 1.99. The molecular formula is C18H20ClF3N2O2. The van der Waals surface area contributed by atoms with Crippen molar-refractivity contribution in [3.8, 4) is 0 Å². The van der Waals surface area contributed by atoms with Gasteiger partial charge in [-0.1, -0.05) is 17.7 Å². The minimum absolute atomic E-state index is 0.0495. The molecule has 1 aromatic rings. The Morgan fingerprint density at radius 2 is 1.85 bits per heavy atom. The lowest BCUT2D eigenvalue weighted by atomic mass is 9.95. The van der Waals surface area contributed by atoms with Crippen LogP contribution >= 0.6 is 11.6 Å². The summed E-state index contributed by atoms with van der Waals surface area (Å²) >= 11 is 5.58. The van der Waals surface area contributed by atoms with E-state index in [1.54, 1.807) is 23.9 Å². The number of benzene rings is 1. The van der Waals surface area contributed by atoms with Crippen molar-refractivity contribution in [2.45, 2.75) is 19.0 Å². The maximum absolute atomic E-state index is 12.9. The van der Waals surface area contributed by atoms with Gasteiger partial charge >= 0.3 is 6.18 Å². The van der Waals surface area contributed by atoms with Crippen LogP contribution in [0.4, 0.5) is 13.2 Å². The molecule has 142 valence electrons. The highest BCUT2D eigenvalue weighted by atomic mass is 35.5. The van der Waals surface area contributed by atoms with Gasteiger partial charge in [0.1, 0.15) is 0 Å². The lowest BCUT2D eigenvalue weighted by Crippen LogP contribution is -2.42.